The van der Waals surface area contributed by atoms with E-state index in [1.54, 1.807) is 13.0 Å². The summed E-state index contributed by atoms with van der Waals surface area (Å²) in [6.07, 6.45) is 0.316. The van der Waals surface area contributed by atoms with Gasteiger partial charge in [0, 0.05) is 18.5 Å². The third-order valence-electron chi connectivity index (χ3n) is 2.25. The number of Topliss-reactive ketones (excluding diaryl/α,β-unsaturated/α-hetero) is 1. The van der Waals surface area contributed by atoms with Crippen molar-refractivity contribution in [2.45, 2.75) is 26.7 Å². The zero-order valence-electron chi connectivity index (χ0n) is 9.64. The lowest BCUT2D eigenvalue weighted by molar-refractivity contribution is -0.121. The molecular weight excluding hydrogens is 289 g/mol. The SMILES string of the molecule is CC(=O)CCC(=O)Nc1cc(F)c(Br)cc1C. The molecule has 5 heteroatoms. The molecule has 0 radical (unpaired) electrons. The summed E-state index contributed by atoms with van der Waals surface area (Å²) in [6.45, 7) is 3.20. The van der Waals surface area contributed by atoms with Crippen molar-refractivity contribution in [1.29, 1.82) is 0 Å². The molecule has 1 rings (SSSR count). The molecule has 0 saturated carbocycles. The molecule has 0 fully saturated rings. The number of ketones is 1. The van der Waals surface area contributed by atoms with Crippen LogP contribution in [0.25, 0.3) is 0 Å². The molecule has 1 amide bonds. The summed E-state index contributed by atoms with van der Waals surface area (Å²) in [4.78, 5) is 22.2. The van der Waals surface area contributed by atoms with Crippen LogP contribution in [0.4, 0.5) is 10.1 Å². The van der Waals surface area contributed by atoms with Crippen LogP contribution in [0.3, 0.4) is 0 Å². The standard InChI is InChI=1S/C12H13BrFNO2/c1-7-5-9(13)10(14)6-11(7)15-12(17)4-3-8(2)16/h5-6H,3-4H2,1-2H3,(H,15,17). The molecule has 0 atom stereocenters. The van der Waals surface area contributed by atoms with E-state index in [2.05, 4.69) is 21.2 Å². The Labute approximate surface area is 108 Å². The Kier molecular flexibility index (Phi) is 4.81. The van der Waals surface area contributed by atoms with Crippen molar-refractivity contribution in [3.8, 4) is 0 Å². The molecule has 0 aliphatic rings. The first-order chi connectivity index (χ1) is 7.90. The molecule has 0 saturated heterocycles. The number of aryl methyl sites for hydroxylation is 1. The van der Waals surface area contributed by atoms with Gasteiger partial charge in [0.2, 0.25) is 5.91 Å². The molecule has 17 heavy (non-hydrogen) atoms. The average Bonchev–Trinajstić information content (AvgIpc) is 2.23. The van der Waals surface area contributed by atoms with E-state index in [9.17, 15) is 14.0 Å². The van der Waals surface area contributed by atoms with Gasteiger partial charge >= 0.3 is 0 Å². The molecule has 0 bridgehead atoms. The van der Waals surface area contributed by atoms with E-state index < -0.39 is 5.82 Å². The zero-order chi connectivity index (χ0) is 13.0. The second-order valence-electron chi connectivity index (χ2n) is 3.83. The van der Waals surface area contributed by atoms with Crippen LogP contribution < -0.4 is 5.32 Å². The van der Waals surface area contributed by atoms with E-state index in [4.69, 9.17) is 0 Å². The fourth-order valence-electron chi connectivity index (χ4n) is 1.28. The lowest BCUT2D eigenvalue weighted by Gasteiger charge is -2.09. The quantitative estimate of drug-likeness (QED) is 0.928. The second kappa shape index (κ2) is 5.91. The highest BCUT2D eigenvalue weighted by molar-refractivity contribution is 9.10. The van der Waals surface area contributed by atoms with Crippen LogP contribution in [0.2, 0.25) is 0 Å². The molecule has 0 unspecified atom stereocenters. The molecule has 1 aromatic rings. The number of nitrogens with one attached hydrogen (secondary N) is 1. The summed E-state index contributed by atoms with van der Waals surface area (Å²) < 4.78 is 13.6. The summed E-state index contributed by atoms with van der Waals surface area (Å²) in [5.41, 5.74) is 1.19. The normalized spacial score (nSPS) is 10.1. The van der Waals surface area contributed by atoms with Crippen molar-refractivity contribution in [3.05, 3.63) is 28.0 Å². The van der Waals surface area contributed by atoms with Gasteiger partial charge < -0.3 is 10.1 Å². The van der Waals surface area contributed by atoms with Gasteiger partial charge in [-0.3, -0.25) is 4.79 Å². The Bertz CT molecular complexity index is 460. The Morgan fingerprint density at radius 1 is 1.35 bits per heavy atom. The van der Waals surface area contributed by atoms with E-state index in [0.29, 0.717) is 10.2 Å². The van der Waals surface area contributed by atoms with E-state index in [1.807, 2.05) is 0 Å². The Hall–Kier alpha value is -1.23. The number of carbonyl (C=O) groups excluding carboxylic acids is 2. The Balaban J connectivity index is 2.71. The maximum Gasteiger partial charge on any atom is 0.224 e. The van der Waals surface area contributed by atoms with Crippen LogP contribution in [-0.2, 0) is 9.59 Å². The number of carbonyl (C=O) groups is 2. The number of hydrogen-bond acceptors (Lipinski definition) is 2. The number of rotatable bonds is 4. The van der Waals surface area contributed by atoms with Crippen molar-refractivity contribution < 1.29 is 14.0 Å². The van der Waals surface area contributed by atoms with Gasteiger partial charge in [-0.2, -0.15) is 0 Å². The van der Waals surface area contributed by atoms with Crippen LogP contribution in [0, 0.1) is 12.7 Å². The van der Waals surface area contributed by atoms with E-state index >= 15 is 0 Å². The predicted octanol–water partition coefficient (Wildman–Crippen LogP) is 3.20. The topological polar surface area (TPSA) is 46.2 Å². The molecule has 0 aliphatic carbocycles. The van der Waals surface area contributed by atoms with Crippen LogP contribution in [0.5, 0.6) is 0 Å². The van der Waals surface area contributed by atoms with Crippen molar-refractivity contribution in [2.75, 3.05) is 5.32 Å². The smallest absolute Gasteiger partial charge is 0.224 e. The van der Waals surface area contributed by atoms with Crippen LogP contribution in [-0.4, -0.2) is 11.7 Å². The minimum absolute atomic E-state index is 0.0427. The first kappa shape index (κ1) is 13.8. The first-order valence-corrected chi connectivity index (χ1v) is 5.94. The minimum atomic E-state index is -0.433. The monoisotopic (exact) mass is 301 g/mol. The average molecular weight is 302 g/mol. The number of halogens is 2. The van der Waals surface area contributed by atoms with Gasteiger partial charge in [0.05, 0.1) is 4.47 Å². The van der Waals surface area contributed by atoms with E-state index in [0.717, 1.165) is 5.56 Å². The fourth-order valence-corrected chi connectivity index (χ4v) is 1.74. The van der Waals surface area contributed by atoms with Gasteiger partial charge in [-0.1, -0.05) is 0 Å². The first-order valence-electron chi connectivity index (χ1n) is 5.15. The summed E-state index contributed by atoms with van der Waals surface area (Å²) in [5, 5.41) is 2.58. The highest BCUT2D eigenvalue weighted by atomic mass is 79.9. The second-order valence-corrected chi connectivity index (χ2v) is 4.69. The number of benzene rings is 1. The van der Waals surface area contributed by atoms with Crippen molar-refractivity contribution >= 4 is 33.3 Å². The fraction of sp³-hybridized carbons (Fsp3) is 0.333. The maximum absolute atomic E-state index is 13.3. The Morgan fingerprint density at radius 2 is 2.00 bits per heavy atom. The largest absolute Gasteiger partial charge is 0.326 e. The highest BCUT2D eigenvalue weighted by Gasteiger charge is 2.09. The minimum Gasteiger partial charge on any atom is -0.326 e. The molecule has 0 heterocycles. The van der Waals surface area contributed by atoms with Gasteiger partial charge in [0.25, 0.3) is 0 Å². The molecule has 0 aromatic heterocycles. The Morgan fingerprint density at radius 3 is 2.59 bits per heavy atom. The van der Waals surface area contributed by atoms with Crippen LogP contribution in [0.15, 0.2) is 16.6 Å². The lowest BCUT2D eigenvalue weighted by atomic mass is 10.2. The molecule has 3 nitrogen and oxygen atoms in total. The molecular formula is C12H13BrFNO2. The van der Waals surface area contributed by atoms with Gasteiger partial charge in [0.1, 0.15) is 11.6 Å². The molecule has 1 N–H and O–H groups in total. The van der Waals surface area contributed by atoms with Crippen molar-refractivity contribution in [3.63, 3.8) is 0 Å². The predicted molar refractivity (Wildman–Crippen MR) is 67.4 cm³/mol. The lowest BCUT2D eigenvalue weighted by Crippen LogP contribution is -2.13. The van der Waals surface area contributed by atoms with Gasteiger partial charge in [0.15, 0.2) is 0 Å². The number of amides is 1. The van der Waals surface area contributed by atoms with Crippen molar-refractivity contribution in [1.82, 2.24) is 0 Å². The zero-order valence-corrected chi connectivity index (χ0v) is 11.2. The molecule has 0 aliphatic heterocycles. The summed E-state index contributed by atoms with van der Waals surface area (Å²) in [6, 6.07) is 2.85. The summed E-state index contributed by atoms with van der Waals surface area (Å²) >= 11 is 3.06. The summed E-state index contributed by atoms with van der Waals surface area (Å²) in [7, 11) is 0. The van der Waals surface area contributed by atoms with Gasteiger partial charge in [-0.05, 0) is 47.5 Å². The van der Waals surface area contributed by atoms with Gasteiger partial charge in [-0.25, -0.2) is 4.39 Å². The molecule has 1 aromatic carbocycles. The molecule has 92 valence electrons. The highest BCUT2D eigenvalue weighted by Crippen LogP contribution is 2.24. The summed E-state index contributed by atoms with van der Waals surface area (Å²) in [5.74, 6) is -0.763. The maximum atomic E-state index is 13.3. The van der Waals surface area contributed by atoms with E-state index in [-0.39, 0.29) is 24.5 Å². The van der Waals surface area contributed by atoms with Crippen LogP contribution in [0.1, 0.15) is 25.3 Å². The third-order valence-corrected chi connectivity index (χ3v) is 2.85. The van der Waals surface area contributed by atoms with Crippen LogP contribution >= 0.6 is 15.9 Å². The van der Waals surface area contributed by atoms with Crippen molar-refractivity contribution in [2.24, 2.45) is 0 Å². The number of hydrogen-bond donors (Lipinski definition) is 1. The van der Waals surface area contributed by atoms with Gasteiger partial charge in [-0.15, -0.1) is 0 Å². The van der Waals surface area contributed by atoms with E-state index in [1.165, 1.54) is 13.0 Å². The number of anilines is 1. The third kappa shape index (κ3) is 4.26. The molecule has 0 spiro atoms.